The molecule has 138 valence electrons. The normalized spacial score (nSPS) is 11.7. The van der Waals surface area contributed by atoms with Crippen molar-refractivity contribution in [2.24, 2.45) is 0 Å². The van der Waals surface area contributed by atoms with Crippen LogP contribution in [0.15, 0.2) is 59.5 Å². The summed E-state index contributed by atoms with van der Waals surface area (Å²) in [5.74, 6) is -0.293. The Morgan fingerprint density at radius 2 is 1.96 bits per heavy atom. The maximum Gasteiger partial charge on any atom is 0.365 e. The van der Waals surface area contributed by atoms with Gasteiger partial charge in [0, 0.05) is 11.3 Å². The zero-order chi connectivity index (χ0) is 19.4. The van der Waals surface area contributed by atoms with E-state index in [-0.39, 0.29) is 0 Å². The van der Waals surface area contributed by atoms with Crippen LogP contribution >= 0.6 is 0 Å². The van der Waals surface area contributed by atoms with Crippen LogP contribution in [0, 0.1) is 5.82 Å². The fourth-order valence-electron chi connectivity index (χ4n) is 2.44. The molecule has 1 heterocycles. The summed E-state index contributed by atoms with van der Waals surface area (Å²) in [6.07, 6.45) is 1.41. The highest BCUT2D eigenvalue weighted by Gasteiger charge is 2.19. The van der Waals surface area contributed by atoms with Crippen molar-refractivity contribution in [1.29, 1.82) is 0 Å². The zero-order valence-electron chi connectivity index (χ0n) is 14.7. The highest BCUT2D eigenvalue weighted by molar-refractivity contribution is 5.93. The molecule has 0 fully saturated rings. The van der Waals surface area contributed by atoms with Gasteiger partial charge in [-0.3, -0.25) is 4.79 Å². The second kappa shape index (κ2) is 7.77. The van der Waals surface area contributed by atoms with Crippen LogP contribution in [0.3, 0.4) is 0 Å². The van der Waals surface area contributed by atoms with Crippen LogP contribution in [0.1, 0.15) is 13.0 Å². The summed E-state index contributed by atoms with van der Waals surface area (Å²) in [5, 5.41) is 6.60. The summed E-state index contributed by atoms with van der Waals surface area (Å²) in [6, 6.07) is 11.6. The Bertz CT molecular complexity index is 1020. The van der Waals surface area contributed by atoms with E-state index in [1.54, 1.807) is 37.4 Å². The number of methoxy groups -OCH3 is 1. The lowest BCUT2D eigenvalue weighted by Gasteiger charge is -2.14. The molecule has 8 heteroatoms. The van der Waals surface area contributed by atoms with Gasteiger partial charge >= 0.3 is 5.69 Å². The van der Waals surface area contributed by atoms with Crippen molar-refractivity contribution in [2.75, 3.05) is 12.4 Å². The van der Waals surface area contributed by atoms with Crippen LogP contribution in [-0.4, -0.2) is 27.8 Å². The van der Waals surface area contributed by atoms with Gasteiger partial charge in [0.25, 0.3) is 0 Å². The third kappa shape index (κ3) is 4.17. The van der Waals surface area contributed by atoms with Crippen LogP contribution in [0.5, 0.6) is 5.75 Å². The summed E-state index contributed by atoms with van der Waals surface area (Å²) in [5.41, 5.74) is 0.717. The molecule has 0 aliphatic heterocycles. The van der Waals surface area contributed by atoms with Crippen molar-refractivity contribution in [3.63, 3.8) is 0 Å². The number of amides is 1. The zero-order valence-corrected chi connectivity index (χ0v) is 14.7. The average Bonchev–Trinajstić information content (AvgIpc) is 2.67. The Morgan fingerprint density at radius 3 is 2.59 bits per heavy atom. The molecule has 0 radical (unpaired) electrons. The van der Waals surface area contributed by atoms with Gasteiger partial charge in [-0.15, -0.1) is 0 Å². The van der Waals surface area contributed by atoms with Crippen molar-refractivity contribution < 1.29 is 13.9 Å². The molecule has 0 spiro atoms. The van der Waals surface area contributed by atoms with Gasteiger partial charge in [0.1, 0.15) is 17.6 Å². The lowest BCUT2D eigenvalue weighted by atomic mass is 10.1. The number of hydrogen-bond donors (Lipinski definition) is 1. The molecule has 0 bridgehead atoms. The van der Waals surface area contributed by atoms with Gasteiger partial charge in [0.2, 0.25) is 5.91 Å². The minimum atomic E-state index is -0.918. The maximum atomic E-state index is 13.2. The molecule has 0 saturated carbocycles. The molecule has 1 unspecified atom stereocenters. The number of benzene rings is 2. The number of carbonyl (C=O) groups is 1. The van der Waals surface area contributed by atoms with E-state index in [1.165, 1.54) is 31.3 Å². The lowest BCUT2D eigenvalue weighted by molar-refractivity contribution is -0.119. The summed E-state index contributed by atoms with van der Waals surface area (Å²) in [6.45, 7) is 1.51. The Labute approximate surface area is 154 Å². The monoisotopic (exact) mass is 368 g/mol. The van der Waals surface area contributed by atoms with E-state index in [2.05, 4.69) is 15.4 Å². The molecule has 3 aromatic rings. The molecule has 0 aliphatic carbocycles. The molecule has 0 saturated heterocycles. The first-order valence-corrected chi connectivity index (χ1v) is 8.14. The first-order valence-electron chi connectivity index (χ1n) is 8.14. The van der Waals surface area contributed by atoms with Gasteiger partial charge in [0.15, 0.2) is 0 Å². The molecular formula is C19H17FN4O3. The number of hydrogen-bond acceptors (Lipinski definition) is 5. The number of halogens is 1. The summed E-state index contributed by atoms with van der Waals surface area (Å²) in [4.78, 5) is 28.6. The Hall–Kier alpha value is -3.55. The van der Waals surface area contributed by atoms with Crippen molar-refractivity contribution >= 4 is 11.6 Å². The number of nitrogens with one attached hydrogen (secondary N) is 1. The van der Waals surface area contributed by atoms with Crippen molar-refractivity contribution in [3.8, 4) is 17.0 Å². The average molecular weight is 368 g/mol. The molecule has 0 aliphatic rings. The number of rotatable bonds is 5. The van der Waals surface area contributed by atoms with Crippen molar-refractivity contribution in [1.82, 2.24) is 14.8 Å². The lowest BCUT2D eigenvalue weighted by Crippen LogP contribution is -2.34. The molecule has 1 aromatic heterocycles. The first kappa shape index (κ1) is 18.2. The minimum absolute atomic E-state index is 0.294. The third-order valence-corrected chi connectivity index (χ3v) is 3.94. The van der Waals surface area contributed by atoms with E-state index in [0.29, 0.717) is 22.7 Å². The fraction of sp³-hybridized carbons (Fsp3) is 0.158. The SMILES string of the molecule is COc1ccc(-c2cnn(C(C)C(=O)Nc3cccc(F)c3)c(=O)n2)cc1. The molecular weight excluding hydrogens is 351 g/mol. The highest BCUT2D eigenvalue weighted by atomic mass is 19.1. The van der Waals surface area contributed by atoms with E-state index in [4.69, 9.17) is 4.74 Å². The Balaban J connectivity index is 1.79. The van der Waals surface area contributed by atoms with Crippen LogP contribution < -0.4 is 15.7 Å². The van der Waals surface area contributed by atoms with Gasteiger partial charge in [-0.25, -0.2) is 13.9 Å². The predicted octanol–water partition coefficient (Wildman–Crippen LogP) is 2.65. The first-order chi connectivity index (χ1) is 13.0. The van der Waals surface area contributed by atoms with E-state index in [1.807, 2.05) is 0 Å². The topological polar surface area (TPSA) is 86.1 Å². The molecule has 1 N–H and O–H groups in total. The van der Waals surface area contributed by atoms with E-state index in [9.17, 15) is 14.0 Å². The second-order valence-corrected chi connectivity index (χ2v) is 5.77. The van der Waals surface area contributed by atoms with E-state index >= 15 is 0 Å². The third-order valence-electron chi connectivity index (χ3n) is 3.94. The molecule has 1 amide bonds. The van der Waals surface area contributed by atoms with Gasteiger partial charge in [0.05, 0.1) is 19.0 Å². The smallest absolute Gasteiger partial charge is 0.365 e. The van der Waals surface area contributed by atoms with Crippen LogP contribution in [0.2, 0.25) is 0 Å². The van der Waals surface area contributed by atoms with Crippen molar-refractivity contribution in [3.05, 3.63) is 71.0 Å². The van der Waals surface area contributed by atoms with Gasteiger partial charge < -0.3 is 10.1 Å². The van der Waals surface area contributed by atoms with Crippen LogP contribution in [0.4, 0.5) is 10.1 Å². The summed E-state index contributed by atoms with van der Waals surface area (Å²) < 4.78 is 19.3. The second-order valence-electron chi connectivity index (χ2n) is 5.77. The van der Waals surface area contributed by atoms with E-state index < -0.39 is 23.5 Å². The van der Waals surface area contributed by atoms with E-state index in [0.717, 1.165) is 4.68 Å². The number of carbonyl (C=O) groups excluding carboxylic acids is 1. The summed E-state index contributed by atoms with van der Waals surface area (Å²) >= 11 is 0. The minimum Gasteiger partial charge on any atom is -0.497 e. The fourth-order valence-corrected chi connectivity index (χ4v) is 2.44. The standard InChI is InChI=1S/C19H17FN4O3/c1-12(18(25)22-15-5-3-4-14(20)10-15)24-19(26)23-17(11-21-24)13-6-8-16(27-2)9-7-13/h3-12H,1-2H3,(H,22,25). The molecule has 1 atom stereocenters. The van der Waals surface area contributed by atoms with Gasteiger partial charge in [-0.2, -0.15) is 10.1 Å². The van der Waals surface area contributed by atoms with Crippen LogP contribution in [0.25, 0.3) is 11.3 Å². The predicted molar refractivity (Wildman–Crippen MR) is 98.0 cm³/mol. The highest BCUT2D eigenvalue weighted by Crippen LogP contribution is 2.19. The number of anilines is 1. The number of ether oxygens (including phenoxy) is 1. The number of nitrogens with zero attached hydrogens (tertiary/aromatic N) is 3. The maximum absolute atomic E-state index is 13.2. The number of aromatic nitrogens is 3. The molecule has 7 nitrogen and oxygen atoms in total. The Morgan fingerprint density at radius 1 is 1.22 bits per heavy atom. The molecule has 2 aromatic carbocycles. The van der Waals surface area contributed by atoms with Gasteiger partial charge in [-0.05, 0) is 49.4 Å². The largest absolute Gasteiger partial charge is 0.497 e. The summed E-state index contributed by atoms with van der Waals surface area (Å²) in [7, 11) is 1.56. The quantitative estimate of drug-likeness (QED) is 0.748. The van der Waals surface area contributed by atoms with Gasteiger partial charge in [-0.1, -0.05) is 6.07 Å². The molecule has 27 heavy (non-hydrogen) atoms. The molecule has 3 rings (SSSR count). The Kier molecular flexibility index (Phi) is 5.25. The van der Waals surface area contributed by atoms with Crippen LogP contribution in [-0.2, 0) is 4.79 Å². The van der Waals surface area contributed by atoms with Crippen molar-refractivity contribution in [2.45, 2.75) is 13.0 Å².